The lowest BCUT2D eigenvalue weighted by Crippen LogP contribution is -2.21. The Bertz CT molecular complexity index is 606. The van der Waals surface area contributed by atoms with Crippen LogP contribution in [0.1, 0.15) is 24.9 Å². The predicted octanol–water partition coefficient (Wildman–Crippen LogP) is 3.26. The summed E-state index contributed by atoms with van der Waals surface area (Å²) in [5, 5.41) is 0. The van der Waals surface area contributed by atoms with Crippen LogP contribution in [0.25, 0.3) is 11.4 Å². The van der Waals surface area contributed by atoms with Crippen LogP contribution < -0.4 is 0 Å². The zero-order chi connectivity index (χ0) is 14.1. The first kappa shape index (κ1) is 13.3. The zero-order valence-electron chi connectivity index (χ0n) is 12.0. The summed E-state index contributed by atoms with van der Waals surface area (Å²) in [6.07, 6.45) is 5.03. The summed E-state index contributed by atoms with van der Waals surface area (Å²) in [7, 11) is 0. The molecular weight excluding hydrogens is 253 g/mol. The molecule has 3 rings (SSSR count). The van der Waals surface area contributed by atoms with E-state index < -0.39 is 0 Å². The number of halogens is 1. The summed E-state index contributed by atoms with van der Waals surface area (Å²) in [5.74, 6) is 0.757. The van der Waals surface area contributed by atoms with Gasteiger partial charge in [0.15, 0.2) is 0 Å². The Kier molecular flexibility index (Phi) is 3.57. The molecule has 4 heteroatoms. The Balaban J connectivity index is 1.94. The molecule has 1 unspecified atom stereocenters. The molecule has 0 radical (unpaired) electrons. The predicted molar refractivity (Wildman–Crippen MR) is 78.1 cm³/mol. The quantitative estimate of drug-likeness (QED) is 0.856. The highest BCUT2D eigenvalue weighted by atomic mass is 19.1. The van der Waals surface area contributed by atoms with Gasteiger partial charge in [-0.25, -0.2) is 9.37 Å². The Morgan fingerprint density at radius 2 is 2.25 bits per heavy atom. The highest BCUT2D eigenvalue weighted by Crippen LogP contribution is 2.29. The van der Waals surface area contributed by atoms with Crippen LogP contribution in [0.15, 0.2) is 30.6 Å². The first-order chi connectivity index (χ1) is 9.69. The summed E-state index contributed by atoms with van der Waals surface area (Å²) in [6.45, 7) is 7.43. The van der Waals surface area contributed by atoms with Crippen molar-refractivity contribution in [2.75, 3.05) is 19.6 Å². The highest BCUT2D eigenvalue weighted by molar-refractivity contribution is 5.60. The average Bonchev–Trinajstić information content (AvgIpc) is 3.06. The minimum atomic E-state index is -0.192. The van der Waals surface area contributed by atoms with Crippen LogP contribution in [0, 0.1) is 12.7 Å². The van der Waals surface area contributed by atoms with Gasteiger partial charge in [-0.2, -0.15) is 0 Å². The van der Waals surface area contributed by atoms with Gasteiger partial charge in [0, 0.05) is 37.1 Å². The average molecular weight is 273 g/mol. The van der Waals surface area contributed by atoms with Gasteiger partial charge in [0.25, 0.3) is 0 Å². The van der Waals surface area contributed by atoms with Gasteiger partial charge < -0.3 is 9.47 Å². The van der Waals surface area contributed by atoms with E-state index in [9.17, 15) is 4.39 Å². The molecule has 1 fully saturated rings. The molecule has 3 nitrogen and oxygen atoms in total. The van der Waals surface area contributed by atoms with Gasteiger partial charge in [0.2, 0.25) is 0 Å². The number of benzene rings is 1. The summed E-state index contributed by atoms with van der Waals surface area (Å²) < 4.78 is 15.5. The van der Waals surface area contributed by atoms with Gasteiger partial charge in [0.1, 0.15) is 11.6 Å². The van der Waals surface area contributed by atoms with E-state index in [1.807, 2.05) is 25.4 Å². The van der Waals surface area contributed by atoms with Crippen LogP contribution in [-0.4, -0.2) is 34.1 Å². The molecule has 1 saturated heterocycles. The topological polar surface area (TPSA) is 21.1 Å². The van der Waals surface area contributed by atoms with Gasteiger partial charge in [-0.15, -0.1) is 0 Å². The Hall–Kier alpha value is -1.68. The van der Waals surface area contributed by atoms with Crippen molar-refractivity contribution in [3.63, 3.8) is 0 Å². The molecule has 106 valence electrons. The standard InChI is InChI=1S/C16H20FN3/c1-3-19-8-6-14(11-19)20-9-7-18-16(20)15-5-4-13(17)10-12(15)2/h4-5,7,9-10,14H,3,6,8,11H2,1-2H3. The molecule has 0 bridgehead atoms. The van der Waals surface area contributed by atoms with Crippen molar-refractivity contribution in [3.05, 3.63) is 42.0 Å². The zero-order valence-corrected chi connectivity index (χ0v) is 12.0. The van der Waals surface area contributed by atoms with Crippen molar-refractivity contribution in [1.82, 2.24) is 14.5 Å². The minimum absolute atomic E-state index is 0.192. The van der Waals surface area contributed by atoms with Crippen LogP contribution in [-0.2, 0) is 0 Å². The molecule has 0 N–H and O–H groups in total. The van der Waals surface area contributed by atoms with Crippen LogP contribution in [0.5, 0.6) is 0 Å². The molecule has 1 aliphatic rings. The van der Waals surface area contributed by atoms with E-state index in [0.29, 0.717) is 6.04 Å². The highest BCUT2D eigenvalue weighted by Gasteiger charge is 2.24. The van der Waals surface area contributed by atoms with E-state index in [2.05, 4.69) is 21.4 Å². The molecule has 1 aromatic heterocycles. The van der Waals surface area contributed by atoms with E-state index in [1.165, 1.54) is 6.07 Å². The second-order valence-electron chi connectivity index (χ2n) is 5.45. The molecule has 2 heterocycles. The maximum atomic E-state index is 13.3. The van der Waals surface area contributed by atoms with Gasteiger partial charge in [-0.1, -0.05) is 6.92 Å². The van der Waals surface area contributed by atoms with Crippen molar-refractivity contribution in [3.8, 4) is 11.4 Å². The third-order valence-corrected chi connectivity index (χ3v) is 4.19. The van der Waals surface area contributed by atoms with E-state index in [4.69, 9.17) is 0 Å². The largest absolute Gasteiger partial charge is 0.327 e. The fourth-order valence-electron chi connectivity index (χ4n) is 3.02. The van der Waals surface area contributed by atoms with E-state index in [-0.39, 0.29) is 5.82 Å². The molecule has 1 aliphatic heterocycles. The fraction of sp³-hybridized carbons (Fsp3) is 0.438. The molecule has 2 aromatic rings. The summed E-state index contributed by atoms with van der Waals surface area (Å²) in [4.78, 5) is 6.94. The molecule has 0 aliphatic carbocycles. The Morgan fingerprint density at radius 3 is 2.95 bits per heavy atom. The van der Waals surface area contributed by atoms with Crippen molar-refractivity contribution in [2.24, 2.45) is 0 Å². The molecule has 1 atom stereocenters. The van der Waals surface area contributed by atoms with Gasteiger partial charge in [-0.3, -0.25) is 0 Å². The first-order valence-electron chi connectivity index (χ1n) is 7.20. The summed E-state index contributed by atoms with van der Waals surface area (Å²) in [5.41, 5.74) is 1.95. The maximum absolute atomic E-state index is 13.3. The molecule has 0 saturated carbocycles. The van der Waals surface area contributed by atoms with Crippen molar-refractivity contribution >= 4 is 0 Å². The number of rotatable bonds is 3. The number of aromatic nitrogens is 2. The van der Waals surface area contributed by atoms with Gasteiger partial charge in [-0.05, 0) is 43.7 Å². The number of nitrogens with zero attached hydrogens (tertiary/aromatic N) is 3. The van der Waals surface area contributed by atoms with Crippen molar-refractivity contribution in [2.45, 2.75) is 26.3 Å². The monoisotopic (exact) mass is 273 g/mol. The molecule has 20 heavy (non-hydrogen) atoms. The Labute approximate surface area is 119 Å². The number of hydrogen-bond donors (Lipinski definition) is 0. The number of likely N-dealkylation sites (tertiary alicyclic amines) is 1. The number of imidazole rings is 1. The summed E-state index contributed by atoms with van der Waals surface area (Å²) >= 11 is 0. The number of likely N-dealkylation sites (N-methyl/N-ethyl adjacent to an activating group) is 1. The SMILES string of the molecule is CCN1CCC(n2ccnc2-c2ccc(F)cc2C)C1. The maximum Gasteiger partial charge on any atom is 0.140 e. The second-order valence-corrected chi connectivity index (χ2v) is 5.45. The fourth-order valence-corrected chi connectivity index (χ4v) is 3.02. The lowest BCUT2D eigenvalue weighted by molar-refractivity contribution is 0.342. The molecule has 0 spiro atoms. The van der Waals surface area contributed by atoms with Gasteiger partial charge >= 0.3 is 0 Å². The van der Waals surface area contributed by atoms with Crippen LogP contribution in [0.3, 0.4) is 0 Å². The third kappa shape index (κ3) is 2.36. The molecule has 0 amide bonds. The van der Waals surface area contributed by atoms with Crippen LogP contribution in [0.4, 0.5) is 4.39 Å². The number of aryl methyl sites for hydroxylation is 1. The van der Waals surface area contributed by atoms with E-state index in [0.717, 1.165) is 43.0 Å². The van der Waals surface area contributed by atoms with Crippen molar-refractivity contribution < 1.29 is 4.39 Å². The van der Waals surface area contributed by atoms with Crippen LogP contribution >= 0.6 is 0 Å². The van der Waals surface area contributed by atoms with E-state index >= 15 is 0 Å². The minimum Gasteiger partial charge on any atom is -0.327 e. The smallest absolute Gasteiger partial charge is 0.140 e. The number of hydrogen-bond acceptors (Lipinski definition) is 2. The van der Waals surface area contributed by atoms with Crippen molar-refractivity contribution in [1.29, 1.82) is 0 Å². The lowest BCUT2D eigenvalue weighted by atomic mass is 10.1. The molecule has 1 aromatic carbocycles. The Morgan fingerprint density at radius 1 is 1.40 bits per heavy atom. The summed E-state index contributed by atoms with van der Waals surface area (Å²) in [6, 6.07) is 5.38. The van der Waals surface area contributed by atoms with E-state index in [1.54, 1.807) is 6.07 Å². The molecular formula is C16H20FN3. The lowest BCUT2D eigenvalue weighted by Gasteiger charge is -2.17. The van der Waals surface area contributed by atoms with Crippen LogP contribution in [0.2, 0.25) is 0 Å². The normalized spacial score (nSPS) is 19.6. The van der Waals surface area contributed by atoms with Gasteiger partial charge in [0.05, 0.1) is 0 Å². The first-order valence-corrected chi connectivity index (χ1v) is 7.20. The second kappa shape index (κ2) is 5.37. The third-order valence-electron chi connectivity index (χ3n) is 4.19.